The van der Waals surface area contributed by atoms with Gasteiger partial charge in [0.2, 0.25) is 0 Å². The van der Waals surface area contributed by atoms with Gasteiger partial charge in [0.05, 0.1) is 6.10 Å². The predicted octanol–water partition coefficient (Wildman–Crippen LogP) is 1.00. The number of likely N-dealkylation sites (N-methyl/N-ethyl adjacent to an activating group) is 1. The fourth-order valence-electron chi connectivity index (χ4n) is 2.24. The summed E-state index contributed by atoms with van der Waals surface area (Å²) in [5.74, 6) is 0.336. The lowest BCUT2D eigenvalue weighted by Gasteiger charge is -2.31. The average molecular weight is 235 g/mol. The Kier molecular flexibility index (Phi) is 5.90. The molecule has 0 amide bonds. The van der Waals surface area contributed by atoms with Crippen LogP contribution in [0.5, 0.6) is 0 Å². The molecule has 90 valence electrons. The van der Waals surface area contributed by atoms with Gasteiger partial charge in [0.1, 0.15) is 0 Å². The van der Waals surface area contributed by atoms with E-state index >= 15 is 0 Å². The maximum absolute atomic E-state index is 9.59. The zero-order chi connectivity index (χ0) is 11.3. The summed E-state index contributed by atoms with van der Waals surface area (Å²) in [4.78, 5) is 4.76. The normalized spacial score (nSPS) is 27.6. The molecule has 3 nitrogen and oxygen atoms in total. The summed E-state index contributed by atoms with van der Waals surface area (Å²) in [6.45, 7) is 6.27. The number of aliphatic hydroxyl groups is 1. The first-order chi connectivity index (χ1) is 7.17. The zero-order valence-corrected chi connectivity index (χ0v) is 10.6. The predicted molar refractivity (Wildman–Crippen MR) is 64.5 cm³/mol. The number of rotatable bonds is 4. The van der Waals surface area contributed by atoms with Crippen LogP contribution in [-0.4, -0.2) is 66.2 Å². The number of β-amino-alcohol motifs (C(OH)–C–C–N with tert-alkyl or cyclic N) is 1. The van der Waals surface area contributed by atoms with Crippen molar-refractivity contribution in [2.45, 2.75) is 31.9 Å². The highest BCUT2D eigenvalue weighted by Gasteiger charge is 2.23. The molecule has 0 bridgehead atoms. The van der Waals surface area contributed by atoms with Crippen molar-refractivity contribution in [2.24, 2.45) is 0 Å². The van der Waals surface area contributed by atoms with E-state index in [4.69, 9.17) is 11.6 Å². The van der Waals surface area contributed by atoms with Crippen molar-refractivity contribution in [1.82, 2.24) is 9.80 Å². The summed E-state index contributed by atoms with van der Waals surface area (Å²) in [5, 5.41) is 9.59. The van der Waals surface area contributed by atoms with Crippen molar-refractivity contribution >= 4 is 11.6 Å². The molecule has 1 saturated heterocycles. The number of aliphatic hydroxyl groups excluding tert-OH is 1. The molecular weight excluding hydrogens is 212 g/mol. The molecule has 1 N–H and O–H groups in total. The second-order valence-electron chi connectivity index (χ2n) is 4.48. The summed E-state index contributed by atoms with van der Waals surface area (Å²) in [7, 11) is 2.17. The molecule has 1 aliphatic rings. The number of hydrogen-bond acceptors (Lipinski definition) is 3. The van der Waals surface area contributed by atoms with E-state index in [1.54, 1.807) is 0 Å². The third kappa shape index (κ3) is 4.27. The van der Waals surface area contributed by atoms with Crippen molar-refractivity contribution in [3.05, 3.63) is 0 Å². The number of halogens is 1. The molecule has 0 radical (unpaired) electrons. The number of nitrogens with zero attached hydrogens (tertiary/aromatic N) is 2. The Morgan fingerprint density at radius 2 is 2.20 bits per heavy atom. The molecule has 4 heteroatoms. The maximum atomic E-state index is 9.59. The van der Waals surface area contributed by atoms with Crippen LogP contribution in [0.2, 0.25) is 0 Å². The monoisotopic (exact) mass is 234 g/mol. The summed E-state index contributed by atoms with van der Waals surface area (Å²) in [6, 6.07) is 0.565. The Morgan fingerprint density at radius 3 is 2.80 bits per heavy atom. The Morgan fingerprint density at radius 1 is 1.47 bits per heavy atom. The summed E-state index contributed by atoms with van der Waals surface area (Å²) in [6.07, 6.45) is 1.94. The largest absolute Gasteiger partial charge is 0.391 e. The lowest BCUT2D eigenvalue weighted by molar-refractivity contribution is 0.0981. The quantitative estimate of drug-likeness (QED) is 0.736. The van der Waals surface area contributed by atoms with Gasteiger partial charge in [-0.3, -0.25) is 4.90 Å². The number of alkyl halides is 1. The molecule has 0 aromatic carbocycles. The van der Waals surface area contributed by atoms with E-state index < -0.39 is 0 Å². The summed E-state index contributed by atoms with van der Waals surface area (Å²) >= 11 is 5.64. The minimum absolute atomic E-state index is 0.336. The Balaban J connectivity index is 2.51. The van der Waals surface area contributed by atoms with Gasteiger partial charge >= 0.3 is 0 Å². The maximum Gasteiger partial charge on any atom is 0.0802 e. The fourth-order valence-corrected chi connectivity index (χ4v) is 2.34. The molecule has 2 unspecified atom stereocenters. The molecule has 1 rings (SSSR count). The van der Waals surface area contributed by atoms with E-state index in [0.29, 0.717) is 11.9 Å². The van der Waals surface area contributed by atoms with Gasteiger partial charge < -0.3 is 10.0 Å². The summed E-state index contributed by atoms with van der Waals surface area (Å²) < 4.78 is 0. The first-order valence-corrected chi connectivity index (χ1v) is 6.37. The smallest absolute Gasteiger partial charge is 0.0802 e. The van der Waals surface area contributed by atoms with Crippen LogP contribution in [-0.2, 0) is 0 Å². The molecule has 1 heterocycles. The van der Waals surface area contributed by atoms with Crippen molar-refractivity contribution in [3.63, 3.8) is 0 Å². The van der Waals surface area contributed by atoms with Crippen molar-refractivity contribution in [1.29, 1.82) is 0 Å². The van der Waals surface area contributed by atoms with Gasteiger partial charge in [-0.2, -0.15) is 0 Å². The molecule has 1 fully saturated rings. The molecule has 1 aliphatic heterocycles. The van der Waals surface area contributed by atoms with E-state index in [2.05, 4.69) is 23.8 Å². The SMILES string of the molecule is CCC1CN(C)CCCN1CC(O)CCl. The minimum atomic E-state index is -0.385. The highest BCUT2D eigenvalue weighted by molar-refractivity contribution is 6.18. The van der Waals surface area contributed by atoms with Crippen LogP contribution >= 0.6 is 11.6 Å². The Hall–Kier alpha value is 0.170. The topological polar surface area (TPSA) is 26.7 Å². The number of hydrogen-bond donors (Lipinski definition) is 1. The average Bonchev–Trinajstić information content (AvgIpc) is 2.40. The third-order valence-electron chi connectivity index (χ3n) is 3.12. The third-order valence-corrected chi connectivity index (χ3v) is 3.47. The molecule has 0 aliphatic carbocycles. The Labute approximate surface area is 98.0 Å². The Bertz CT molecular complexity index is 180. The van der Waals surface area contributed by atoms with Crippen LogP contribution in [0.1, 0.15) is 19.8 Å². The zero-order valence-electron chi connectivity index (χ0n) is 9.82. The highest BCUT2D eigenvalue weighted by atomic mass is 35.5. The van der Waals surface area contributed by atoms with Gasteiger partial charge in [-0.25, -0.2) is 0 Å². The van der Waals surface area contributed by atoms with Crippen LogP contribution in [0.4, 0.5) is 0 Å². The van der Waals surface area contributed by atoms with Gasteiger partial charge in [0.25, 0.3) is 0 Å². The lowest BCUT2D eigenvalue weighted by Crippen LogP contribution is -2.43. The van der Waals surface area contributed by atoms with Gasteiger partial charge in [0.15, 0.2) is 0 Å². The second-order valence-corrected chi connectivity index (χ2v) is 4.79. The molecule has 0 aromatic heterocycles. The van der Waals surface area contributed by atoms with E-state index in [1.165, 1.54) is 6.42 Å². The molecule has 0 saturated carbocycles. The van der Waals surface area contributed by atoms with Crippen LogP contribution in [0.25, 0.3) is 0 Å². The lowest BCUT2D eigenvalue weighted by atomic mass is 10.1. The van der Waals surface area contributed by atoms with Crippen molar-refractivity contribution in [3.8, 4) is 0 Å². The first kappa shape index (κ1) is 13.2. The first-order valence-electron chi connectivity index (χ1n) is 5.84. The second kappa shape index (κ2) is 6.69. The fraction of sp³-hybridized carbons (Fsp3) is 1.00. The van der Waals surface area contributed by atoms with Gasteiger partial charge in [-0.15, -0.1) is 11.6 Å². The van der Waals surface area contributed by atoms with Crippen molar-refractivity contribution < 1.29 is 5.11 Å². The van der Waals surface area contributed by atoms with Crippen LogP contribution in [0.3, 0.4) is 0 Å². The van der Waals surface area contributed by atoms with E-state index in [9.17, 15) is 5.11 Å². The molecule has 0 aromatic rings. The highest BCUT2D eigenvalue weighted by Crippen LogP contribution is 2.12. The van der Waals surface area contributed by atoms with Crippen LogP contribution in [0, 0.1) is 0 Å². The van der Waals surface area contributed by atoms with Crippen LogP contribution in [0.15, 0.2) is 0 Å². The van der Waals surface area contributed by atoms with Crippen molar-refractivity contribution in [2.75, 3.05) is 39.1 Å². The van der Waals surface area contributed by atoms with Gasteiger partial charge in [0, 0.05) is 25.0 Å². The minimum Gasteiger partial charge on any atom is -0.391 e. The van der Waals surface area contributed by atoms with Crippen LogP contribution < -0.4 is 0 Å². The van der Waals surface area contributed by atoms with Gasteiger partial charge in [-0.1, -0.05) is 6.92 Å². The van der Waals surface area contributed by atoms with E-state index in [1.807, 2.05) is 0 Å². The molecular formula is C11H23ClN2O. The molecule has 15 heavy (non-hydrogen) atoms. The van der Waals surface area contributed by atoms with E-state index in [0.717, 1.165) is 32.6 Å². The summed E-state index contributed by atoms with van der Waals surface area (Å²) in [5.41, 5.74) is 0. The molecule has 2 atom stereocenters. The standard InChI is InChI=1S/C11H23ClN2O/c1-3-10-8-13(2)5-4-6-14(10)9-11(15)7-12/h10-11,15H,3-9H2,1-2H3. The van der Waals surface area contributed by atoms with Gasteiger partial charge in [-0.05, 0) is 33.0 Å². The molecule has 0 spiro atoms. The van der Waals surface area contributed by atoms with E-state index in [-0.39, 0.29) is 6.10 Å².